The van der Waals surface area contributed by atoms with E-state index in [0.29, 0.717) is 32.7 Å². The minimum Gasteiger partial charge on any atom is -0.494 e. The van der Waals surface area contributed by atoms with E-state index in [4.69, 9.17) is 12.6 Å². The highest BCUT2D eigenvalue weighted by atomic mass is 32.1. The van der Waals surface area contributed by atoms with Crippen LogP contribution >= 0.6 is 11.3 Å². The van der Waals surface area contributed by atoms with E-state index >= 15 is 0 Å². The van der Waals surface area contributed by atoms with Gasteiger partial charge >= 0.3 is 0 Å². The number of hydrogen-bond acceptors (Lipinski definition) is 13. The molecule has 0 atom stereocenters. The van der Waals surface area contributed by atoms with Crippen LogP contribution in [0.5, 0.6) is 5.75 Å². The Morgan fingerprint density at radius 2 is 1.90 bits per heavy atom. The fraction of sp³-hybridized carbons (Fsp3) is 0.227. The lowest BCUT2D eigenvalue weighted by Crippen LogP contribution is -2.49. The number of rotatable bonds is 9. The predicted molar refractivity (Wildman–Crippen MR) is 142 cm³/mol. The van der Waals surface area contributed by atoms with Crippen molar-refractivity contribution in [1.82, 2.24) is 40.4 Å². The molecule has 5 N–H and O–H groups in total. The van der Waals surface area contributed by atoms with Crippen molar-refractivity contribution in [2.24, 2.45) is 7.05 Å². The zero-order chi connectivity index (χ0) is 28.3. The Morgan fingerprint density at radius 1 is 1.13 bits per heavy atom. The maximum absolute atomic E-state index is 12.7. The van der Waals surface area contributed by atoms with Crippen LogP contribution in [0.3, 0.4) is 0 Å². The van der Waals surface area contributed by atoms with Gasteiger partial charge < -0.3 is 35.8 Å². The molecular formula is C22H23BN10O5S. The summed E-state index contributed by atoms with van der Waals surface area (Å²) in [5.74, 6) is -3.27. The molecule has 4 rings (SSSR count). The number of aliphatic hydroxyl groups is 2. The summed E-state index contributed by atoms with van der Waals surface area (Å²) >= 11 is 1.20. The molecule has 2 radical (unpaired) electrons. The minimum atomic E-state index is -2.99. The second-order valence-electron chi connectivity index (χ2n) is 8.26. The minimum absolute atomic E-state index is 0.108. The third-order valence-electron chi connectivity index (χ3n) is 5.00. The lowest BCUT2D eigenvalue weighted by molar-refractivity contribution is -0.102. The van der Waals surface area contributed by atoms with Gasteiger partial charge in [-0.05, 0) is 12.1 Å². The van der Waals surface area contributed by atoms with Crippen LogP contribution < -0.4 is 20.7 Å². The third kappa shape index (κ3) is 6.46. The summed E-state index contributed by atoms with van der Waals surface area (Å²) in [6, 6.07) is 6.64. The third-order valence-corrected chi connectivity index (χ3v) is 6.02. The van der Waals surface area contributed by atoms with Crippen molar-refractivity contribution in [2.75, 3.05) is 31.8 Å². The Morgan fingerprint density at radius 3 is 2.54 bits per heavy atom. The molecule has 3 aromatic heterocycles. The van der Waals surface area contributed by atoms with Crippen molar-refractivity contribution in [3.05, 3.63) is 47.2 Å². The molecule has 0 bridgehead atoms. The zero-order valence-corrected chi connectivity index (χ0v) is 22.0. The van der Waals surface area contributed by atoms with E-state index in [1.807, 2.05) is 5.32 Å². The Labute approximate surface area is 227 Å². The Balaban J connectivity index is 1.73. The summed E-state index contributed by atoms with van der Waals surface area (Å²) in [5, 5.41) is 43.2. The van der Waals surface area contributed by atoms with Crippen molar-refractivity contribution >= 4 is 54.0 Å². The first-order valence-electron chi connectivity index (χ1n) is 11.1. The van der Waals surface area contributed by atoms with Crippen molar-refractivity contribution in [3.8, 4) is 16.3 Å². The van der Waals surface area contributed by atoms with Gasteiger partial charge in [-0.3, -0.25) is 9.59 Å². The number of nitrogens with one attached hydrogen (secondary N) is 3. The van der Waals surface area contributed by atoms with Crippen LogP contribution in [0.15, 0.2) is 36.7 Å². The lowest BCUT2D eigenvalue weighted by atomic mass is 10.0. The molecular weight excluding hydrogens is 527 g/mol. The molecule has 0 saturated carbocycles. The number of amides is 2. The molecule has 15 nitrogen and oxygen atoms in total. The fourth-order valence-corrected chi connectivity index (χ4v) is 4.32. The molecule has 200 valence electrons. The number of para-hydroxylation sites is 1. The van der Waals surface area contributed by atoms with Gasteiger partial charge in [0.25, 0.3) is 11.8 Å². The Hall–Kier alpha value is -4.61. The summed E-state index contributed by atoms with van der Waals surface area (Å²) in [6.07, 6.45) is 2.95. The first-order valence-corrected chi connectivity index (χ1v) is 12.0. The van der Waals surface area contributed by atoms with Crippen LogP contribution in [0.1, 0.15) is 20.2 Å². The van der Waals surface area contributed by atoms with E-state index in [1.165, 1.54) is 46.6 Å². The molecule has 0 spiro atoms. The van der Waals surface area contributed by atoms with E-state index in [-0.39, 0.29) is 23.1 Å². The number of thiazole rings is 1. The monoisotopic (exact) mass is 550 g/mol. The second-order valence-corrected chi connectivity index (χ2v) is 9.29. The largest absolute Gasteiger partial charge is 0.494 e. The van der Waals surface area contributed by atoms with Crippen LogP contribution in [0.25, 0.3) is 10.6 Å². The van der Waals surface area contributed by atoms with Crippen LogP contribution in [0.4, 0.5) is 23.0 Å². The van der Waals surface area contributed by atoms with Crippen molar-refractivity contribution < 1.29 is 24.5 Å². The molecule has 1 aromatic carbocycles. The molecule has 0 aliphatic carbocycles. The number of ether oxygens (including phenoxy) is 1. The number of carbonyl (C=O) groups excluding carboxylic acids is 2. The first kappa shape index (κ1) is 27.4. The van der Waals surface area contributed by atoms with Gasteiger partial charge in [0.1, 0.15) is 9.88 Å². The maximum Gasteiger partial charge on any atom is 0.277 e. The summed E-state index contributed by atoms with van der Waals surface area (Å²) in [7, 11) is 11.5. The smallest absolute Gasteiger partial charge is 0.277 e. The standard InChI is InChI=1S/C22H23BN10O5S/c1-32(2)21(35)14-9-24-20(39-14)11-6-5-7-12(18(11)38-4)26-13-8-15(27-16-10-25-33(3)31-16)29-30-17(13)19(34)28-22(23,36)37/h5-10,36-37H,1-4H3,(H,28,34)(H2,26,27,29,31). The molecule has 0 saturated heterocycles. The number of anilines is 4. The number of aromatic nitrogens is 6. The van der Waals surface area contributed by atoms with Crippen LogP contribution in [-0.2, 0) is 7.05 Å². The zero-order valence-electron chi connectivity index (χ0n) is 21.2. The van der Waals surface area contributed by atoms with Crippen LogP contribution in [-0.4, -0.2) is 92.0 Å². The number of nitrogens with zero attached hydrogens (tertiary/aromatic N) is 7. The molecule has 0 aliphatic rings. The Kier molecular flexibility index (Phi) is 7.75. The lowest BCUT2D eigenvalue weighted by Gasteiger charge is -2.20. The van der Waals surface area contributed by atoms with Gasteiger partial charge in [-0.25, -0.2) is 4.98 Å². The molecule has 3 heterocycles. The maximum atomic E-state index is 12.7. The number of aryl methyl sites for hydroxylation is 1. The van der Waals surface area contributed by atoms with Crippen molar-refractivity contribution in [3.63, 3.8) is 0 Å². The summed E-state index contributed by atoms with van der Waals surface area (Å²) in [5.41, 5.74) is 0.794. The van der Waals surface area contributed by atoms with E-state index in [0.717, 1.165) is 0 Å². The normalized spacial score (nSPS) is 11.1. The van der Waals surface area contributed by atoms with Crippen molar-refractivity contribution in [1.29, 1.82) is 0 Å². The van der Waals surface area contributed by atoms with Crippen LogP contribution in [0, 0.1) is 0 Å². The highest BCUT2D eigenvalue weighted by Crippen LogP contribution is 2.40. The van der Waals surface area contributed by atoms with E-state index in [1.54, 1.807) is 39.3 Å². The fourth-order valence-electron chi connectivity index (χ4n) is 3.36. The number of hydrogen-bond donors (Lipinski definition) is 5. The Bertz CT molecular complexity index is 1520. The van der Waals surface area contributed by atoms with Gasteiger partial charge in [0.05, 0.1) is 36.4 Å². The molecule has 0 fully saturated rings. The molecule has 0 aliphatic heterocycles. The molecule has 0 unspecified atom stereocenters. The number of methoxy groups -OCH3 is 1. The summed E-state index contributed by atoms with van der Waals surface area (Å²) in [6.45, 7) is 0. The second kappa shape index (κ2) is 11.0. The van der Waals surface area contributed by atoms with E-state index in [9.17, 15) is 19.8 Å². The van der Waals surface area contributed by atoms with Gasteiger partial charge in [-0.15, -0.1) is 26.6 Å². The summed E-state index contributed by atoms with van der Waals surface area (Å²) in [4.78, 5) is 32.7. The molecule has 4 aromatic rings. The van der Waals surface area contributed by atoms with Gasteiger partial charge in [-0.1, -0.05) is 6.07 Å². The number of carbonyl (C=O) groups is 2. The van der Waals surface area contributed by atoms with E-state index in [2.05, 4.69) is 36.0 Å². The quantitative estimate of drug-likeness (QED) is 0.143. The topological polar surface area (TPSA) is 193 Å². The van der Waals surface area contributed by atoms with Crippen molar-refractivity contribution in [2.45, 2.75) is 5.81 Å². The van der Waals surface area contributed by atoms with Gasteiger partial charge in [-0.2, -0.15) is 9.90 Å². The molecule has 2 amide bonds. The SMILES string of the molecule is [B]C(O)(O)NC(=O)c1nnc(Nc2cnn(C)n2)cc1Nc1cccc(-c2ncc(C(=O)N(C)C)s2)c1OC. The van der Waals surface area contributed by atoms with Crippen LogP contribution in [0.2, 0.25) is 0 Å². The molecule has 39 heavy (non-hydrogen) atoms. The van der Waals surface area contributed by atoms with E-state index < -0.39 is 11.7 Å². The molecule has 17 heteroatoms. The first-order chi connectivity index (χ1) is 18.4. The predicted octanol–water partition coefficient (Wildman–Crippen LogP) is 0.420. The summed E-state index contributed by atoms with van der Waals surface area (Å²) < 4.78 is 5.67. The van der Waals surface area contributed by atoms with Gasteiger partial charge in [0, 0.05) is 27.2 Å². The number of benzene rings is 1. The van der Waals surface area contributed by atoms with Gasteiger partial charge in [0.2, 0.25) is 0 Å². The van der Waals surface area contributed by atoms with Gasteiger partial charge in [0.15, 0.2) is 36.7 Å². The average molecular weight is 550 g/mol. The highest BCUT2D eigenvalue weighted by Gasteiger charge is 2.24. The highest BCUT2D eigenvalue weighted by molar-refractivity contribution is 7.16. The average Bonchev–Trinajstić information content (AvgIpc) is 3.51.